The molecule has 2 aliphatic rings. The summed E-state index contributed by atoms with van der Waals surface area (Å²) in [5.41, 5.74) is 0.697. The van der Waals surface area contributed by atoms with Crippen LogP contribution in [0.2, 0.25) is 0 Å². The number of aliphatic hydroxyl groups excluding tert-OH is 1. The molecule has 0 spiro atoms. The second-order valence-corrected chi connectivity index (χ2v) is 9.75. The third-order valence-corrected chi connectivity index (χ3v) is 7.48. The van der Waals surface area contributed by atoms with Crippen molar-refractivity contribution in [1.82, 2.24) is 10.0 Å². The van der Waals surface area contributed by atoms with Gasteiger partial charge in [0.2, 0.25) is 15.9 Å². The molecule has 1 aromatic rings. The highest BCUT2D eigenvalue weighted by atomic mass is 32.2. The van der Waals surface area contributed by atoms with E-state index in [1.807, 2.05) is 0 Å². The number of nitrogens with one attached hydrogen (secondary N) is 2. The standard InChI is InChI=1S/C21H32N2O6S/c1-15-4-2-3-5-20(15)30(26,27)22-11-8-17-6-7-18(19(14-24)29-17)23-21(25)16-9-12-28-13-10-16/h2-5,16-19,22,24H,6-14H2,1H3,(H,23,25)/t17-,18-,19+/m1/s1. The molecule has 2 saturated heterocycles. The van der Waals surface area contributed by atoms with Crippen LogP contribution in [0.15, 0.2) is 29.2 Å². The first-order valence-electron chi connectivity index (χ1n) is 10.6. The number of aliphatic hydroxyl groups is 1. The van der Waals surface area contributed by atoms with Crippen molar-refractivity contribution in [2.75, 3.05) is 26.4 Å². The van der Waals surface area contributed by atoms with Crippen LogP contribution < -0.4 is 10.0 Å². The van der Waals surface area contributed by atoms with Crippen LogP contribution in [-0.4, -0.2) is 64.0 Å². The van der Waals surface area contributed by atoms with Crippen molar-refractivity contribution in [3.63, 3.8) is 0 Å². The van der Waals surface area contributed by atoms with Gasteiger partial charge < -0.3 is 19.9 Å². The molecule has 0 unspecified atom stereocenters. The average Bonchev–Trinajstić information content (AvgIpc) is 2.75. The Morgan fingerprint density at radius 2 is 1.90 bits per heavy atom. The molecule has 1 aromatic carbocycles. The summed E-state index contributed by atoms with van der Waals surface area (Å²) in [4.78, 5) is 12.7. The van der Waals surface area contributed by atoms with Gasteiger partial charge in [0.15, 0.2) is 0 Å². The van der Waals surface area contributed by atoms with E-state index in [0.29, 0.717) is 50.9 Å². The first-order valence-corrected chi connectivity index (χ1v) is 12.1. The molecule has 0 aromatic heterocycles. The minimum atomic E-state index is -3.57. The van der Waals surface area contributed by atoms with Crippen LogP contribution in [0.1, 0.15) is 37.7 Å². The monoisotopic (exact) mass is 440 g/mol. The van der Waals surface area contributed by atoms with Crippen molar-refractivity contribution in [2.45, 2.75) is 62.2 Å². The van der Waals surface area contributed by atoms with Crippen LogP contribution >= 0.6 is 0 Å². The molecule has 0 bridgehead atoms. The number of carbonyl (C=O) groups excluding carboxylic acids is 1. The number of aryl methyl sites for hydroxylation is 1. The summed E-state index contributed by atoms with van der Waals surface area (Å²) in [5, 5.41) is 12.8. The number of hydrogen-bond acceptors (Lipinski definition) is 6. The SMILES string of the molecule is Cc1ccccc1S(=O)(=O)NCC[C@H]1CC[C@@H](NC(=O)C2CCOCC2)[C@H](CO)O1. The van der Waals surface area contributed by atoms with E-state index in [1.54, 1.807) is 31.2 Å². The Balaban J connectivity index is 1.47. The number of sulfonamides is 1. The van der Waals surface area contributed by atoms with Gasteiger partial charge in [-0.15, -0.1) is 0 Å². The quantitative estimate of drug-likeness (QED) is 0.558. The fourth-order valence-electron chi connectivity index (χ4n) is 4.06. The summed E-state index contributed by atoms with van der Waals surface area (Å²) < 4.78 is 38.9. The zero-order valence-corrected chi connectivity index (χ0v) is 18.2. The summed E-state index contributed by atoms with van der Waals surface area (Å²) in [5.74, 6) is -0.0542. The van der Waals surface area contributed by atoms with Gasteiger partial charge in [-0.3, -0.25) is 4.79 Å². The van der Waals surface area contributed by atoms with E-state index in [-0.39, 0.29) is 42.0 Å². The summed E-state index contributed by atoms with van der Waals surface area (Å²) in [6.07, 6.45) is 2.66. The van der Waals surface area contributed by atoms with Gasteiger partial charge in [0, 0.05) is 25.7 Å². The maximum atomic E-state index is 12.5. The Morgan fingerprint density at radius 1 is 1.17 bits per heavy atom. The van der Waals surface area contributed by atoms with Crippen LogP contribution in [0.4, 0.5) is 0 Å². The van der Waals surface area contributed by atoms with E-state index in [2.05, 4.69) is 10.0 Å². The second-order valence-electron chi connectivity index (χ2n) is 8.01. The van der Waals surface area contributed by atoms with Crippen molar-refractivity contribution >= 4 is 15.9 Å². The van der Waals surface area contributed by atoms with E-state index in [0.717, 1.165) is 0 Å². The van der Waals surface area contributed by atoms with Gasteiger partial charge in [0.1, 0.15) is 6.10 Å². The summed E-state index contributed by atoms with van der Waals surface area (Å²) in [6.45, 7) is 3.02. The van der Waals surface area contributed by atoms with Crippen LogP contribution in [0.3, 0.4) is 0 Å². The largest absolute Gasteiger partial charge is 0.394 e. The number of benzene rings is 1. The molecule has 168 valence electrons. The maximum absolute atomic E-state index is 12.5. The number of carbonyl (C=O) groups is 1. The van der Waals surface area contributed by atoms with E-state index >= 15 is 0 Å². The Morgan fingerprint density at radius 3 is 2.60 bits per heavy atom. The van der Waals surface area contributed by atoms with Crippen molar-refractivity contribution < 1.29 is 27.8 Å². The number of amides is 1. The second kappa shape index (κ2) is 10.7. The zero-order valence-electron chi connectivity index (χ0n) is 17.4. The van der Waals surface area contributed by atoms with Gasteiger partial charge in [-0.05, 0) is 50.7 Å². The predicted molar refractivity (Wildman–Crippen MR) is 111 cm³/mol. The summed E-state index contributed by atoms with van der Waals surface area (Å²) >= 11 is 0. The number of hydrogen-bond donors (Lipinski definition) is 3. The molecule has 30 heavy (non-hydrogen) atoms. The topological polar surface area (TPSA) is 114 Å². The normalized spacial score (nSPS) is 25.7. The molecular formula is C21H32N2O6S. The third kappa shape index (κ3) is 6.01. The van der Waals surface area contributed by atoms with E-state index in [4.69, 9.17) is 9.47 Å². The lowest BCUT2D eigenvalue weighted by Crippen LogP contribution is -2.52. The highest BCUT2D eigenvalue weighted by Gasteiger charge is 2.33. The van der Waals surface area contributed by atoms with Crippen LogP contribution in [-0.2, 0) is 24.3 Å². The molecule has 0 radical (unpaired) electrons. The highest BCUT2D eigenvalue weighted by Crippen LogP contribution is 2.23. The van der Waals surface area contributed by atoms with Crippen molar-refractivity contribution in [2.24, 2.45) is 5.92 Å². The Labute approximate surface area is 178 Å². The van der Waals surface area contributed by atoms with Gasteiger partial charge >= 0.3 is 0 Å². The van der Waals surface area contributed by atoms with Crippen LogP contribution in [0.5, 0.6) is 0 Å². The van der Waals surface area contributed by atoms with Crippen molar-refractivity contribution in [3.05, 3.63) is 29.8 Å². The van der Waals surface area contributed by atoms with Crippen molar-refractivity contribution in [1.29, 1.82) is 0 Å². The van der Waals surface area contributed by atoms with Gasteiger partial charge in [-0.1, -0.05) is 18.2 Å². The molecule has 1 amide bonds. The van der Waals surface area contributed by atoms with Gasteiger partial charge in [0.05, 0.1) is 23.6 Å². The molecule has 2 heterocycles. The molecule has 3 rings (SSSR count). The summed E-state index contributed by atoms with van der Waals surface area (Å²) in [7, 11) is -3.57. The molecule has 3 N–H and O–H groups in total. The minimum Gasteiger partial charge on any atom is -0.394 e. The number of rotatable bonds is 8. The van der Waals surface area contributed by atoms with Gasteiger partial charge in [0.25, 0.3) is 0 Å². The van der Waals surface area contributed by atoms with Gasteiger partial charge in [-0.2, -0.15) is 0 Å². The molecule has 0 aliphatic carbocycles. The smallest absolute Gasteiger partial charge is 0.240 e. The fourth-order valence-corrected chi connectivity index (χ4v) is 5.35. The molecule has 9 heteroatoms. The Bertz CT molecular complexity index is 809. The fraction of sp³-hybridized carbons (Fsp3) is 0.667. The van der Waals surface area contributed by atoms with Crippen LogP contribution in [0.25, 0.3) is 0 Å². The van der Waals surface area contributed by atoms with Crippen molar-refractivity contribution in [3.8, 4) is 0 Å². The van der Waals surface area contributed by atoms with Crippen LogP contribution in [0, 0.1) is 12.8 Å². The lowest BCUT2D eigenvalue weighted by Gasteiger charge is -2.37. The van der Waals surface area contributed by atoms with E-state index in [9.17, 15) is 18.3 Å². The first kappa shape index (κ1) is 23.1. The third-order valence-electron chi connectivity index (χ3n) is 5.86. The maximum Gasteiger partial charge on any atom is 0.240 e. The van der Waals surface area contributed by atoms with E-state index in [1.165, 1.54) is 0 Å². The molecule has 2 aliphatic heterocycles. The Hall–Kier alpha value is -1.52. The lowest BCUT2D eigenvalue weighted by atomic mass is 9.94. The highest BCUT2D eigenvalue weighted by molar-refractivity contribution is 7.89. The minimum absolute atomic E-state index is 0.00482. The summed E-state index contributed by atoms with van der Waals surface area (Å²) in [6, 6.07) is 6.62. The zero-order chi connectivity index (χ0) is 21.6. The molecule has 8 nitrogen and oxygen atoms in total. The predicted octanol–water partition coefficient (Wildman–Crippen LogP) is 1.11. The molecule has 3 atom stereocenters. The molecule has 0 saturated carbocycles. The van der Waals surface area contributed by atoms with Gasteiger partial charge in [-0.25, -0.2) is 13.1 Å². The van der Waals surface area contributed by atoms with E-state index < -0.39 is 16.1 Å². The molecule has 2 fully saturated rings. The molecular weight excluding hydrogens is 408 g/mol. The Kier molecular flexibility index (Phi) is 8.24. The first-order chi connectivity index (χ1) is 14.4. The number of ether oxygens (including phenoxy) is 2. The average molecular weight is 441 g/mol. The lowest BCUT2D eigenvalue weighted by molar-refractivity contribution is -0.134.